The molecule has 0 aromatic heterocycles. The van der Waals surface area contributed by atoms with Crippen LogP contribution in [0.15, 0.2) is 42.5 Å². The molecule has 0 spiro atoms. The molecule has 3 rings (SSSR count). The smallest absolute Gasteiger partial charge is 0.224 e. The molecular weight excluding hydrogens is 310 g/mol. The topological polar surface area (TPSA) is 54.5 Å². The number of carbonyl (C=O) groups excluding carboxylic acids is 1. The van der Waals surface area contributed by atoms with Crippen molar-refractivity contribution in [1.82, 2.24) is 4.90 Å². The molecule has 0 aliphatic heterocycles. The van der Waals surface area contributed by atoms with Gasteiger partial charge in [-0.25, -0.2) is 8.42 Å². The summed E-state index contributed by atoms with van der Waals surface area (Å²) in [6, 6.07) is 14.5. The van der Waals surface area contributed by atoms with Crippen molar-refractivity contribution in [2.24, 2.45) is 0 Å². The Kier molecular flexibility index (Phi) is 4.39. The summed E-state index contributed by atoms with van der Waals surface area (Å²) in [7, 11) is -3.11. The molecule has 1 saturated carbocycles. The molecule has 122 valence electrons. The second-order valence-corrected chi connectivity index (χ2v) is 8.53. The maximum atomic E-state index is 12.5. The van der Waals surface area contributed by atoms with Gasteiger partial charge in [0.2, 0.25) is 5.91 Å². The summed E-state index contributed by atoms with van der Waals surface area (Å²) in [4.78, 5) is 14.3. The molecule has 0 N–H and O–H groups in total. The molecule has 1 fully saturated rings. The lowest BCUT2D eigenvalue weighted by molar-refractivity contribution is -0.131. The van der Waals surface area contributed by atoms with E-state index in [1.165, 1.54) is 6.26 Å². The number of hydrogen-bond acceptors (Lipinski definition) is 3. The number of carbonyl (C=O) groups is 1. The largest absolute Gasteiger partial charge is 0.335 e. The van der Waals surface area contributed by atoms with E-state index in [9.17, 15) is 13.2 Å². The zero-order valence-corrected chi connectivity index (χ0v) is 14.1. The van der Waals surface area contributed by atoms with Crippen molar-refractivity contribution in [3.8, 4) is 0 Å². The lowest BCUT2D eigenvalue weighted by Gasteiger charge is -2.23. The molecule has 5 heteroatoms. The van der Waals surface area contributed by atoms with Gasteiger partial charge in [0.15, 0.2) is 0 Å². The molecule has 1 aliphatic rings. The molecule has 23 heavy (non-hydrogen) atoms. The molecule has 0 bridgehead atoms. The van der Waals surface area contributed by atoms with Crippen LogP contribution in [0.1, 0.15) is 24.8 Å². The summed E-state index contributed by atoms with van der Waals surface area (Å²) < 4.78 is 22.6. The first-order valence-corrected chi connectivity index (χ1v) is 9.94. The minimum absolute atomic E-state index is 0.0640. The average molecular weight is 331 g/mol. The number of hydrogen-bond donors (Lipinski definition) is 0. The Morgan fingerprint density at radius 2 is 1.83 bits per heavy atom. The zero-order chi connectivity index (χ0) is 16.4. The number of amides is 1. The minimum atomic E-state index is -3.11. The van der Waals surface area contributed by atoms with Gasteiger partial charge >= 0.3 is 0 Å². The predicted molar refractivity (Wildman–Crippen MR) is 91.8 cm³/mol. The van der Waals surface area contributed by atoms with Crippen molar-refractivity contribution >= 4 is 26.5 Å². The van der Waals surface area contributed by atoms with Crippen LogP contribution in [-0.4, -0.2) is 37.3 Å². The number of nitrogens with zero attached hydrogens (tertiary/aromatic N) is 1. The fraction of sp³-hybridized carbons (Fsp3) is 0.389. The van der Waals surface area contributed by atoms with E-state index in [0.29, 0.717) is 6.54 Å². The summed E-state index contributed by atoms with van der Waals surface area (Å²) in [5.41, 5.74) is 1.11. The fourth-order valence-corrected chi connectivity index (χ4v) is 3.38. The number of benzene rings is 2. The monoisotopic (exact) mass is 331 g/mol. The lowest BCUT2D eigenvalue weighted by atomic mass is 10.0. The molecule has 4 nitrogen and oxygen atoms in total. The normalized spacial score (nSPS) is 14.8. The van der Waals surface area contributed by atoms with Gasteiger partial charge in [0.05, 0.1) is 5.75 Å². The third kappa shape index (κ3) is 4.10. The Hall–Kier alpha value is -1.88. The van der Waals surface area contributed by atoms with E-state index in [-0.39, 0.29) is 24.1 Å². The molecule has 2 aromatic carbocycles. The van der Waals surface area contributed by atoms with Crippen molar-refractivity contribution in [2.45, 2.75) is 31.8 Å². The number of sulfone groups is 1. The highest BCUT2D eigenvalue weighted by Crippen LogP contribution is 2.30. The van der Waals surface area contributed by atoms with Crippen molar-refractivity contribution < 1.29 is 13.2 Å². The zero-order valence-electron chi connectivity index (χ0n) is 13.2. The quantitative estimate of drug-likeness (QED) is 0.818. The van der Waals surface area contributed by atoms with Crippen molar-refractivity contribution in [1.29, 1.82) is 0 Å². The second kappa shape index (κ2) is 6.32. The van der Waals surface area contributed by atoms with Gasteiger partial charge in [-0.15, -0.1) is 0 Å². The third-order valence-corrected chi connectivity index (χ3v) is 5.16. The standard InChI is InChI=1S/C18H21NO3S/c1-23(21,22)12-11-18(20)19(16-9-10-16)13-15-7-4-6-14-5-2-3-8-17(14)15/h2-8,16H,9-13H2,1H3. The molecule has 0 saturated heterocycles. The Labute approximate surface area is 137 Å². The molecule has 0 heterocycles. The van der Waals surface area contributed by atoms with E-state index in [0.717, 1.165) is 29.2 Å². The Balaban J connectivity index is 1.81. The van der Waals surface area contributed by atoms with Crippen LogP contribution >= 0.6 is 0 Å². The van der Waals surface area contributed by atoms with Gasteiger partial charge in [0.25, 0.3) is 0 Å². The number of rotatable bonds is 6. The van der Waals surface area contributed by atoms with Crippen molar-refractivity contribution in [2.75, 3.05) is 12.0 Å². The highest BCUT2D eigenvalue weighted by atomic mass is 32.2. The number of fused-ring (bicyclic) bond motifs is 1. The van der Waals surface area contributed by atoms with Gasteiger partial charge in [-0.2, -0.15) is 0 Å². The van der Waals surface area contributed by atoms with Crippen LogP contribution in [0.3, 0.4) is 0 Å². The molecule has 0 unspecified atom stereocenters. The van der Waals surface area contributed by atoms with Crippen molar-refractivity contribution in [3.63, 3.8) is 0 Å². The molecule has 2 aromatic rings. The summed E-state index contributed by atoms with van der Waals surface area (Å²) in [6.45, 7) is 0.550. The van der Waals surface area contributed by atoms with Gasteiger partial charge in [-0.1, -0.05) is 42.5 Å². The van der Waals surface area contributed by atoms with Gasteiger partial charge in [-0.05, 0) is 29.2 Å². The summed E-state index contributed by atoms with van der Waals surface area (Å²) in [6.07, 6.45) is 3.26. The first kappa shape index (κ1) is 16.0. The van der Waals surface area contributed by atoms with Gasteiger partial charge in [0, 0.05) is 25.3 Å². The van der Waals surface area contributed by atoms with Crippen molar-refractivity contribution in [3.05, 3.63) is 48.0 Å². The van der Waals surface area contributed by atoms with Crippen LogP contribution in [-0.2, 0) is 21.2 Å². The van der Waals surface area contributed by atoms with Crippen LogP contribution < -0.4 is 0 Å². The van der Waals surface area contributed by atoms with Gasteiger partial charge < -0.3 is 4.90 Å². The SMILES string of the molecule is CS(=O)(=O)CCC(=O)N(Cc1cccc2ccccc12)C1CC1. The molecular formula is C18H21NO3S. The summed E-state index contributed by atoms with van der Waals surface area (Å²) >= 11 is 0. The Bertz CT molecular complexity index is 820. The lowest BCUT2D eigenvalue weighted by Crippen LogP contribution is -2.33. The Morgan fingerprint density at radius 1 is 1.13 bits per heavy atom. The molecule has 1 amide bonds. The van der Waals surface area contributed by atoms with E-state index in [4.69, 9.17) is 0 Å². The first-order valence-electron chi connectivity index (χ1n) is 7.88. The highest BCUT2D eigenvalue weighted by Gasteiger charge is 2.32. The summed E-state index contributed by atoms with van der Waals surface area (Å²) in [5, 5.41) is 2.31. The minimum Gasteiger partial charge on any atom is -0.335 e. The van der Waals surface area contributed by atoms with E-state index in [1.54, 1.807) is 0 Å². The van der Waals surface area contributed by atoms with Crippen LogP contribution in [0.4, 0.5) is 0 Å². The van der Waals surface area contributed by atoms with Crippen LogP contribution in [0.5, 0.6) is 0 Å². The maximum absolute atomic E-state index is 12.5. The van der Waals surface area contributed by atoms with E-state index in [1.807, 2.05) is 29.2 Å². The van der Waals surface area contributed by atoms with Crippen LogP contribution in [0, 0.1) is 0 Å². The summed E-state index contributed by atoms with van der Waals surface area (Å²) in [5.74, 6) is -0.143. The first-order chi connectivity index (χ1) is 10.9. The fourth-order valence-electron chi connectivity index (χ4n) is 2.84. The third-order valence-electron chi connectivity index (χ3n) is 4.22. The highest BCUT2D eigenvalue weighted by molar-refractivity contribution is 7.90. The average Bonchev–Trinajstić information content (AvgIpc) is 3.34. The molecule has 0 atom stereocenters. The Morgan fingerprint density at radius 3 is 2.52 bits per heavy atom. The molecule has 1 aliphatic carbocycles. The second-order valence-electron chi connectivity index (χ2n) is 6.27. The van der Waals surface area contributed by atoms with Crippen LogP contribution in [0.2, 0.25) is 0 Å². The van der Waals surface area contributed by atoms with E-state index < -0.39 is 9.84 Å². The van der Waals surface area contributed by atoms with Gasteiger partial charge in [0.1, 0.15) is 9.84 Å². The predicted octanol–water partition coefficient (Wildman–Crippen LogP) is 2.77. The van der Waals surface area contributed by atoms with Gasteiger partial charge in [-0.3, -0.25) is 4.79 Å². The van der Waals surface area contributed by atoms with Crippen LogP contribution in [0.25, 0.3) is 10.8 Å². The van der Waals surface area contributed by atoms with E-state index in [2.05, 4.69) is 18.2 Å². The molecule has 0 radical (unpaired) electrons. The van der Waals surface area contributed by atoms with E-state index >= 15 is 0 Å². The maximum Gasteiger partial charge on any atom is 0.224 e.